The zero-order valence-electron chi connectivity index (χ0n) is 6.36. The summed E-state index contributed by atoms with van der Waals surface area (Å²) in [6.45, 7) is 0. The lowest BCUT2D eigenvalue weighted by molar-refractivity contribution is -0.135. The summed E-state index contributed by atoms with van der Waals surface area (Å²) in [6.07, 6.45) is -1.21. The summed E-state index contributed by atoms with van der Waals surface area (Å²) < 4.78 is 35.0. The second kappa shape index (κ2) is 3.60. The molecular weight excluding hydrogens is 169 g/mol. The molecule has 1 heterocycles. The van der Waals surface area contributed by atoms with E-state index in [0.29, 0.717) is 12.2 Å². The van der Waals surface area contributed by atoms with Crippen molar-refractivity contribution in [3.8, 4) is 0 Å². The van der Waals surface area contributed by atoms with E-state index in [1.165, 1.54) is 6.20 Å². The smallest absolute Gasteiger partial charge is 0.349 e. The molecule has 0 atom stereocenters. The molecule has 2 nitrogen and oxygen atoms in total. The molecule has 0 aliphatic heterocycles. The van der Waals surface area contributed by atoms with Gasteiger partial charge >= 0.3 is 6.18 Å². The monoisotopic (exact) mass is 178 g/mol. The Bertz CT molecular complexity index is 215. The van der Waals surface area contributed by atoms with Gasteiger partial charge in [0.05, 0.1) is 0 Å². The van der Waals surface area contributed by atoms with Crippen LogP contribution in [-0.4, -0.2) is 16.1 Å². The van der Waals surface area contributed by atoms with E-state index in [2.05, 4.69) is 9.97 Å². The summed E-state index contributed by atoms with van der Waals surface area (Å²) in [5, 5.41) is 0. The molecule has 12 heavy (non-hydrogen) atoms. The number of aromatic amines is 1. The highest BCUT2D eigenvalue weighted by molar-refractivity contribution is 4.86. The summed E-state index contributed by atoms with van der Waals surface area (Å²) in [4.78, 5) is 6.56. The van der Waals surface area contributed by atoms with Crippen molar-refractivity contribution in [2.75, 3.05) is 0 Å². The number of hydrogen-bond donors (Lipinski definition) is 1. The Morgan fingerprint density at radius 1 is 1.42 bits per heavy atom. The van der Waals surface area contributed by atoms with Gasteiger partial charge < -0.3 is 4.98 Å². The summed E-state index contributed by atoms with van der Waals surface area (Å²) in [5.74, 6) is 0.610. The maximum atomic E-state index is 11.7. The van der Waals surface area contributed by atoms with Gasteiger partial charge in [0.1, 0.15) is 5.82 Å². The van der Waals surface area contributed by atoms with E-state index in [1.54, 1.807) is 6.20 Å². The molecule has 0 saturated carbocycles. The predicted octanol–water partition coefficient (Wildman–Crippen LogP) is 2.29. The molecule has 1 rings (SSSR count). The highest BCUT2D eigenvalue weighted by atomic mass is 19.4. The molecule has 1 aromatic rings. The van der Waals surface area contributed by atoms with E-state index >= 15 is 0 Å². The molecule has 1 aromatic heterocycles. The maximum Gasteiger partial charge on any atom is 0.389 e. The third kappa shape index (κ3) is 3.41. The molecule has 5 heteroatoms. The molecule has 0 aliphatic rings. The van der Waals surface area contributed by atoms with Crippen LogP contribution in [0.25, 0.3) is 0 Å². The lowest BCUT2D eigenvalue weighted by Crippen LogP contribution is -2.07. The van der Waals surface area contributed by atoms with Gasteiger partial charge in [-0.05, 0) is 6.42 Å². The van der Waals surface area contributed by atoms with Crippen molar-refractivity contribution in [1.29, 1.82) is 0 Å². The van der Waals surface area contributed by atoms with E-state index in [-0.39, 0.29) is 6.42 Å². The Balaban J connectivity index is 2.20. The number of alkyl halides is 3. The van der Waals surface area contributed by atoms with Gasteiger partial charge in [0, 0.05) is 25.2 Å². The van der Waals surface area contributed by atoms with Crippen molar-refractivity contribution in [1.82, 2.24) is 9.97 Å². The topological polar surface area (TPSA) is 28.7 Å². The van der Waals surface area contributed by atoms with E-state index in [4.69, 9.17) is 0 Å². The highest BCUT2D eigenvalue weighted by Gasteiger charge is 2.25. The summed E-state index contributed by atoms with van der Waals surface area (Å²) in [7, 11) is 0. The molecule has 0 amide bonds. The van der Waals surface area contributed by atoms with Gasteiger partial charge in [0.25, 0.3) is 0 Å². The number of hydrogen-bond acceptors (Lipinski definition) is 1. The van der Waals surface area contributed by atoms with E-state index in [0.717, 1.165) is 0 Å². The van der Waals surface area contributed by atoms with Crippen molar-refractivity contribution in [2.24, 2.45) is 0 Å². The van der Waals surface area contributed by atoms with Gasteiger partial charge in [-0.3, -0.25) is 0 Å². The van der Waals surface area contributed by atoms with Gasteiger partial charge in [0.15, 0.2) is 0 Å². The van der Waals surface area contributed by atoms with Crippen molar-refractivity contribution in [3.05, 3.63) is 18.2 Å². The lowest BCUT2D eigenvalue weighted by Gasteiger charge is -2.03. The van der Waals surface area contributed by atoms with Crippen LogP contribution in [0.5, 0.6) is 0 Å². The molecule has 0 unspecified atom stereocenters. The largest absolute Gasteiger partial charge is 0.389 e. The van der Waals surface area contributed by atoms with E-state index in [9.17, 15) is 13.2 Å². The number of aromatic nitrogens is 2. The SMILES string of the molecule is FC(F)(F)CCCc1ncc[nH]1. The molecule has 0 radical (unpaired) electrons. The Morgan fingerprint density at radius 2 is 2.17 bits per heavy atom. The fourth-order valence-electron chi connectivity index (χ4n) is 0.891. The van der Waals surface area contributed by atoms with Crippen LogP contribution in [0, 0.1) is 0 Å². The first kappa shape index (κ1) is 9.09. The third-order valence-corrected chi connectivity index (χ3v) is 1.43. The van der Waals surface area contributed by atoms with Crippen molar-refractivity contribution in [3.63, 3.8) is 0 Å². The van der Waals surface area contributed by atoms with Crippen LogP contribution in [0.15, 0.2) is 12.4 Å². The quantitative estimate of drug-likeness (QED) is 0.755. The predicted molar refractivity (Wildman–Crippen MR) is 37.6 cm³/mol. The minimum Gasteiger partial charge on any atom is -0.349 e. The van der Waals surface area contributed by atoms with Crippen LogP contribution in [0.3, 0.4) is 0 Å². The number of nitrogens with zero attached hydrogens (tertiary/aromatic N) is 1. The first-order valence-electron chi connectivity index (χ1n) is 3.63. The molecule has 0 aliphatic carbocycles. The molecule has 0 aromatic carbocycles. The number of rotatable bonds is 3. The Morgan fingerprint density at radius 3 is 2.67 bits per heavy atom. The summed E-state index contributed by atoms with van der Waals surface area (Å²) >= 11 is 0. The fourth-order valence-corrected chi connectivity index (χ4v) is 0.891. The molecule has 0 bridgehead atoms. The van der Waals surface area contributed by atoms with Gasteiger partial charge in [-0.2, -0.15) is 13.2 Å². The Labute approximate surface area is 67.8 Å². The fraction of sp³-hybridized carbons (Fsp3) is 0.571. The van der Waals surface area contributed by atoms with Crippen molar-refractivity contribution < 1.29 is 13.2 Å². The second-order valence-electron chi connectivity index (χ2n) is 2.50. The van der Waals surface area contributed by atoms with Crippen molar-refractivity contribution >= 4 is 0 Å². The standard InChI is InChI=1S/C7H9F3N2/c8-7(9,10)3-1-2-6-11-4-5-12-6/h4-5H,1-3H2,(H,11,12). The number of aryl methyl sites for hydroxylation is 1. The van der Waals surface area contributed by atoms with Crippen LogP contribution in [0.1, 0.15) is 18.7 Å². The molecule has 1 N–H and O–H groups in total. The molecule has 68 valence electrons. The molecule has 0 spiro atoms. The second-order valence-corrected chi connectivity index (χ2v) is 2.50. The Kier molecular flexibility index (Phi) is 2.73. The zero-order chi connectivity index (χ0) is 9.03. The first-order valence-corrected chi connectivity index (χ1v) is 3.63. The van der Waals surface area contributed by atoms with Gasteiger partial charge in [0.2, 0.25) is 0 Å². The number of imidazole rings is 1. The Hall–Kier alpha value is -1.00. The maximum absolute atomic E-state index is 11.7. The van der Waals surface area contributed by atoms with Crippen LogP contribution in [0.4, 0.5) is 13.2 Å². The number of nitrogens with one attached hydrogen (secondary N) is 1. The molecule has 0 fully saturated rings. The third-order valence-electron chi connectivity index (χ3n) is 1.43. The van der Waals surface area contributed by atoms with Crippen LogP contribution in [-0.2, 0) is 6.42 Å². The average Bonchev–Trinajstić information content (AvgIpc) is 2.36. The van der Waals surface area contributed by atoms with Crippen LogP contribution in [0.2, 0.25) is 0 Å². The first-order chi connectivity index (χ1) is 5.58. The van der Waals surface area contributed by atoms with Gasteiger partial charge in [-0.25, -0.2) is 4.98 Å². The molecule has 0 saturated heterocycles. The minimum absolute atomic E-state index is 0.0943. The van der Waals surface area contributed by atoms with E-state index in [1.807, 2.05) is 0 Å². The van der Waals surface area contributed by atoms with Crippen molar-refractivity contribution in [2.45, 2.75) is 25.4 Å². The summed E-state index contributed by atoms with van der Waals surface area (Å²) in [5.41, 5.74) is 0. The van der Waals surface area contributed by atoms with E-state index < -0.39 is 12.6 Å². The lowest BCUT2D eigenvalue weighted by atomic mass is 10.2. The number of H-pyrrole nitrogens is 1. The minimum atomic E-state index is -4.05. The van der Waals surface area contributed by atoms with Crippen LogP contribution >= 0.6 is 0 Å². The normalized spacial score (nSPS) is 11.9. The van der Waals surface area contributed by atoms with Gasteiger partial charge in [-0.15, -0.1) is 0 Å². The average molecular weight is 178 g/mol. The molecular formula is C7H9F3N2. The van der Waals surface area contributed by atoms with Gasteiger partial charge in [-0.1, -0.05) is 0 Å². The summed E-state index contributed by atoms with van der Waals surface area (Å²) in [6, 6.07) is 0. The highest BCUT2D eigenvalue weighted by Crippen LogP contribution is 2.21. The number of halogens is 3. The zero-order valence-corrected chi connectivity index (χ0v) is 6.36. The van der Waals surface area contributed by atoms with Crippen LogP contribution < -0.4 is 0 Å².